The van der Waals surface area contributed by atoms with E-state index in [1.807, 2.05) is 13.8 Å². The molecule has 1 aromatic heterocycles. The first-order chi connectivity index (χ1) is 7.22. The normalized spacial score (nSPS) is 12.5. The molecule has 0 aromatic carbocycles. The number of hydrogen-bond acceptors (Lipinski definition) is 4. The molecule has 1 atom stereocenters. The fraction of sp³-hybridized carbons (Fsp3) is 0.600. The molecule has 0 bridgehead atoms. The second kappa shape index (κ2) is 5.50. The van der Waals surface area contributed by atoms with E-state index in [0.29, 0.717) is 12.4 Å². The van der Waals surface area contributed by atoms with Gasteiger partial charge in [0, 0.05) is 18.9 Å². The Labute approximate surface area is 88.8 Å². The van der Waals surface area contributed by atoms with Crippen LogP contribution in [0.25, 0.3) is 0 Å². The maximum absolute atomic E-state index is 11.7. The Bertz CT molecular complexity index is 358. The van der Waals surface area contributed by atoms with Gasteiger partial charge in [-0.1, -0.05) is 6.92 Å². The van der Waals surface area contributed by atoms with E-state index in [2.05, 4.69) is 10.3 Å². The van der Waals surface area contributed by atoms with E-state index < -0.39 is 0 Å². The summed E-state index contributed by atoms with van der Waals surface area (Å²) in [5.74, 6) is 0.306. The maximum Gasteiger partial charge on any atom is 0.293 e. The molecule has 84 valence electrons. The van der Waals surface area contributed by atoms with Crippen LogP contribution in [0.15, 0.2) is 17.2 Å². The quantitative estimate of drug-likeness (QED) is 0.742. The molecule has 1 heterocycles. The van der Waals surface area contributed by atoms with Crippen molar-refractivity contribution in [2.45, 2.75) is 32.9 Å². The highest BCUT2D eigenvalue weighted by Gasteiger charge is 2.08. The van der Waals surface area contributed by atoms with Crippen LogP contribution in [0.2, 0.25) is 0 Å². The molecule has 0 saturated carbocycles. The molecule has 0 amide bonds. The lowest BCUT2D eigenvalue weighted by molar-refractivity contribution is 0.271. The molecule has 1 unspecified atom stereocenters. The summed E-state index contributed by atoms with van der Waals surface area (Å²) < 4.78 is 1.57. The zero-order valence-electron chi connectivity index (χ0n) is 9.10. The molecule has 5 nitrogen and oxygen atoms in total. The van der Waals surface area contributed by atoms with Crippen molar-refractivity contribution in [2.24, 2.45) is 0 Å². The molecule has 0 aliphatic heterocycles. The lowest BCUT2D eigenvalue weighted by atomic mass is 10.2. The van der Waals surface area contributed by atoms with Gasteiger partial charge in [-0.3, -0.25) is 4.79 Å². The summed E-state index contributed by atoms with van der Waals surface area (Å²) in [6.45, 7) is 4.45. The molecule has 0 aliphatic rings. The third-order valence-corrected chi connectivity index (χ3v) is 2.31. The van der Waals surface area contributed by atoms with Crippen LogP contribution in [0.1, 0.15) is 20.3 Å². The molecular formula is C10H17N3O2. The molecule has 0 spiro atoms. The van der Waals surface area contributed by atoms with Crippen molar-refractivity contribution in [3.05, 3.63) is 22.7 Å². The van der Waals surface area contributed by atoms with Gasteiger partial charge >= 0.3 is 0 Å². The van der Waals surface area contributed by atoms with Crippen LogP contribution < -0.4 is 10.9 Å². The van der Waals surface area contributed by atoms with Crippen LogP contribution in [0.4, 0.5) is 5.82 Å². The third-order valence-electron chi connectivity index (χ3n) is 2.31. The topological polar surface area (TPSA) is 67.2 Å². The number of aromatic nitrogens is 2. The van der Waals surface area contributed by atoms with Crippen LogP contribution >= 0.6 is 0 Å². The summed E-state index contributed by atoms with van der Waals surface area (Å²) in [7, 11) is 0. The average molecular weight is 211 g/mol. The van der Waals surface area contributed by atoms with Crippen molar-refractivity contribution in [2.75, 3.05) is 11.9 Å². The van der Waals surface area contributed by atoms with E-state index >= 15 is 0 Å². The van der Waals surface area contributed by atoms with Gasteiger partial charge in [-0.25, -0.2) is 4.98 Å². The molecule has 0 radical (unpaired) electrons. The zero-order valence-corrected chi connectivity index (χ0v) is 9.10. The molecule has 1 aromatic rings. The van der Waals surface area contributed by atoms with Crippen molar-refractivity contribution >= 4 is 5.82 Å². The van der Waals surface area contributed by atoms with Crippen molar-refractivity contribution < 1.29 is 5.11 Å². The van der Waals surface area contributed by atoms with Crippen LogP contribution in [0.5, 0.6) is 0 Å². The molecule has 2 N–H and O–H groups in total. The van der Waals surface area contributed by atoms with E-state index in [0.717, 1.165) is 6.42 Å². The van der Waals surface area contributed by atoms with Gasteiger partial charge < -0.3 is 15.0 Å². The Morgan fingerprint density at radius 2 is 2.33 bits per heavy atom. The molecule has 15 heavy (non-hydrogen) atoms. The number of anilines is 1. The molecular weight excluding hydrogens is 194 g/mol. The largest absolute Gasteiger partial charge is 0.394 e. The van der Waals surface area contributed by atoms with Crippen molar-refractivity contribution in [3.63, 3.8) is 0 Å². The first-order valence-corrected chi connectivity index (χ1v) is 5.15. The smallest absolute Gasteiger partial charge is 0.293 e. The van der Waals surface area contributed by atoms with Gasteiger partial charge in [0.05, 0.1) is 12.6 Å². The summed E-state index contributed by atoms with van der Waals surface area (Å²) in [5.41, 5.74) is -0.146. The standard InChI is InChI=1S/C10H17N3O2/c1-3-8(7-14)12-9-10(15)13(4-2)6-5-11-9/h5-6,8,14H,3-4,7H2,1-2H3,(H,11,12). The Morgan fingerprint density at radius 3 is 2.87 bits per heavy atom. The Balaban J connectivity index is 2.90. The Kier molecular flexibility index (Phi) is 4.30. The molecule has 0 saturated heterocycles. The van der Waals surface area contributed by atoms with Crippen LogP contribution in [-0.4, -0.2) is 27.3 Å². The van der Waals surface area contributed by atoms with Gasteiger partial charge in [-0.05, 0) is 13.3 Å². The number of hydrogen-bond donors (Lipinski definition) is 2. The van der Waals surface area contributed by atoms with Gasteiger partial charge in [-0.2, -0.15) is 0 Å². The van der Waals surface area contributed by atoms with E-state index in [1.54, 1.807) is 17.0 Å². The molecule has 0 fully saturated rings. The lowest BCUT2D eigenvalue weighted by Gasteiger charge is -2.14. The number of aliphatic hydroxyl groups excluding tert-OH is 1. The second-order valence-corrected chi connectivity index (χ2v) is 3.30. The number of nitrogens with one attached hydrogen (secondary N) is 1. The van der Waals surface area contributed by atoms with Crippen molar-refractivity contribution in [1.82, 2.24) is 9.55 Å². The second-order valence-electron chi connectivity index (χ2n) is 3.30. The van der Waals surface area contributed by atoms with Crippen LogP contribution in [-0.2, 0) is 6.54 Å². The predicted molar refractivity (Wildman–Crippen MR) is 59.0 cm³/mol. The summed E-state index contributed by atoms with van der Waals surface area (Å²) >= 11 is 0. The number of aliphatic hydroxyl groups is 1. The monoisotopic (exact) mass is 211 g/mol. The van der Waals surface area contributed by atoms with Gasteiger partial charge in [0.2, 0.25) is 0 Å². The minimum Gasteiger partial charge on any atom is -0.394 e. The zero-order chi connectivity index (χ0) is 11.3. The first-order valence-electron chi connectivity index (χ1n) is 5.15. The van der Waals surface area contributed by atoms with Gasteiger partial charge in [0.15, 0.2) is 5.82 Å². The highest BCUT2D eigenvalue weighted by atomic mass is 16.3. The number of aryl methyl sites for hydroxylation is 1. The number of nitrogens with zero attached hydrogens (tertiary/aromatic N) is 2. The molecule has 1 rings (SSSR count). The summed E-state index contributed by atoms with van der Waals surface area (Å²) in [5, 5.41) is 11.9. The van der Waals surface area contributed by atoms with Crippen molar-refractivity contribution in [1.29, 1.82) is 0 Å². The predicted octanol–water partition coefficient (Wildman–Crippen LogP) is 0.446. The number of rotatable bonds is 5. The third kappa shape index (κ3) is 2.79. The van der Waals surface area contributed by atoms with E-state index in [9.17, 15) is 4.79 Å². The van der Waals surface area contributed by atoms with Crippen molar-refractivity contribution in [3.8, 4) is 0 Å². The lowest BCUT2D eigenvalue weighted by Crippen LogP contribution is -2.30. The first kappa shape index (κ1) is 11.7. The van der Waals surface area contributed by atoms with E-state index in [4.69, 9.17) is 5.11 Å². The summed E-state index contributed by atoms with van der Waals surface area (Å²) in [6, 6.07) is -0.113. The summed E-state index contributed by atoms with van der Waals surface area (Å²) in [4.78, 5) is 15.7. The Hall–Kier alpha value is -1.36. The minimum atomic E-state index is -0.146. The molecule has 0 aliphatic carbocycles. The van der Waals surface area contributed by atoms with Gasteiger partial charge in [0.25, 0.3) is 5.56 Å². The molecule has 5 heteroatoms. The van der Waals surface area contributed by atoms with Crippen LogP contribution in [0, 0.1) is 0 Å². The minimum absolute atomic E-state index is 0.00135. The Morgan fingerprint density at radius 1 is 1.60 bits per heavy atom. The summed E-state index contributed by atoms with van der Waals surface area (Å²) in [6.07, 6.45) is 3.98. The van der Waals surface area contributed by atoms with E-state index in [-0.39, 0.29) is 18.2 Å². The highest BCUT2D eigenvalue weighted by Crippen LogP contribution is 1.99. The fourth-order valence-corrected chi connectivity index (χ4v) is 1.27. The highest BCUT2D eigenvalue weighted by molar-refractivity contribution is 5.32. The van der Waals surface area contributed by atoms with Gasteiger partial charge in [0.1, 0.15) is 0 Å². The maximum atomic E-state index is 11.7. The van der Waals surface area contributed by atoms with E-state index in [1.165, 1.54) is 0 Å². The fourth-order valence-electron chi connectivity index (χ4n) is 1.27. The average Bonchev–Trinajstić information content (AvgIpc) is 2.28. The SMILES string of the molecule is CCC(CO)Nc1nccn(CC)c1=O. The van der Waals surface area contributed by atoms with Crippen LogP contribution in [0.3, 0.4) is 0 Å². The van der Waals surface area contributed by atoms with Gasteiger partial charge in [-0.15, -0.1) is 0 Å².